The van der Waals surface area contributed by atoms with E-state index in [1.165, 1.54) is 16.8 Å². The Morgan fingerprint density at radius 1 is 1.07 bits per heavy atom. The SMILES string of the molecule is O=c1c2ccccc2nc(C2CCCN2S(=O)(=O)c2cnc[nH]2)n1C1CCCC1. The zero-order valence-corrected chi connectivity index (χ0v) is 16.8. The quantitative estimate of drug-likeness (QED) is 0.709. The van der Waals surface area contributed by atoms with Crippen LogP contribution in [0, 0.1) is 0 Å². The Morgan fingerprint density at radius 3 is 2.62 bits per heavy atom. The molecule has 1 saturated heterocycles. The van der Waals surface area contributed by atoms with Crippen LogP contribution >= 0.6 is 0 Å². The van der Waals surface area contributed by atoms with E-state index in [1.807, 2.05) is 18.2 Å². The van der Waals surface area contributed by atoms with Gasteiger partial charge in [-0.3, -0.25) is 9.36 Å². The smallest absolute Gasteiger partial charge is 0.261 e. The van der Waals surface area contributed by atoms with Gasteiger partial charge in [0.2, 0.25) is 0 Å². The minimum atomic E-state index is -3.74. The normalized spacial score (nSPS) is 21.3. The van der Waals surface area contributed by atoms with Gasteiger partial charge in [0.05, 0.1) is 29.5 Å². The molecule has 0 amide bonds. The summed E-state index contributed by atoms with van der Waals surface area (Å²) in [7, 11) is -3.74. The summed E-state index contributed by atoms with van der Waals surface area (Å²) in [5.41, 5.74) is 0.552. The van der Waals surface area contributed by atoms with E-state index in [-0.39, 0.29) is 16.6 Å². The van der Waals surface area contributed by atoms with Gasteiger partial charge in [-0.15, -0.1) is 0 Å². The molecule has 9 heteroatoms. The fourth-order valence-corrected chi connectivity index (χ4v) is 6.26. The first kappa shape index (κ1) is 18.5. The predicted octanol–water partition coefficient (Wildman–Crippen LogP) is 2.76. The van der Waals surface area contributed by atoms with Crippen molar-refractivity contribution in [1.82, 2.24) is 23.8 Å². The monoisotopic (exact) mass is 413 g/mol. The van der Waals surface area contributed by atoms with Crippen LogP contribution in [0.5, 0.6) is 0 Å². The van der Waals surface area contributed by atoms with Crippen LogP contribution in [0.3, 0.4) is 0 Å². The molecule has 2 aromatic heterocycles. The fourth-order valence-electron chi connectivity index (χ4n) is 4.71. The second-order valence-electron chi connectivity index (χ2n) is 7.79. The molecule has 1 aliphatic carbocycles. The van der Waals surface area contributed by atoms with Gasteiger partial charge >= 0.3 is 0 Å². The minimum Gasteiger partial charge on any atom is -0.335 e. The molecule has 0 bridgehead atoms. The van der Waals surface area contributed by atoms with E-state index < -0.39 is 16.1 Å². The average molecular weight is 414 g/mol. The molecule has 2 fully saturated rings. The number of imidazole rings is 1. The van der Waals surface area contributed by atoms with Crippen molar-refractivity contribution < 1.29 is 8.42 Å². The van der Waals surface area contributed by atoms with Crippen LogP contribution in [0.2, 0.25) is 0 Å². The maximum atomic E-state index is 13.4. The van der Waals surface area contributed by atoms with Gasteiger partial charge in [0.1, 0.15) is 5.82 Å². The van der Waals surface area contributed by atoms with Crippen LogP contribution in [-0.2, 0) is 10.0 Å². The summed E-state index contributed by atoms with van der Waals surface area (Å²) >= 11 is 0. The molecule has 1 N–H and O–H groups in total. The lowest BCUT2D eigenvalue weighted by atomic mass is 10.1. The molecular weight excluding hydrogens is 390 g/mol. The number of hydrogen-bond donors (Lipinski definition) is 1. The third-order valence-corrected chi connectivity index (χ3v) is 7.92. The molecule has 2 aliphatic rings. The highest BCUT2D eigenvalue weighted by atomic mass is 32.2. The lowest BCUT2D eigenvalue weighted by molar-refractivity contribution is 0.351. The van der Waals surface area contributed by atoms with E-state index in [0.29, 0.717) is 29.7 Å². The van der Waals surface area contributed by atoms with Gasteiger partial charge in [-0.2, -0.15) is 4.31 Å². The van der Waals surface area contributed by atoms with Gasteiger partial charge in [-0.05, 0) is 37.8 Å². The number of fused-ring (bicyclic) bond motifs is 1. The van der Waals surface area contributed by atoms with Crippen LogP contribution < -0.4 is 5.56 Å². The molecule has 8 nitrogen and oxygen atoms in total. The summed E-state index contributed by atoms with van der Waals surface area (Å²) in [6.45, 7) is 0.402. The average Bonchev–Trinajstić information content (AvgIpc) is 3.50. The molecule has 1 aliphatic heterocycles. The third-order valence-electron chi connectivity index (χ3n) is 6.09. The first-order valence-electron chi connectivity index (χ1n) is 10.1. The van der Waals surface area contributed by atoms with Crippen LogP contribution in [0.15, 0.2) is 46.6 Å². The van der Waals surface area contributed by atoms with Crippen molar-refractivity contribution in [2.75, 3.05) is 6.54 Å². The minimum absolute atomic E-state index is 0.0664. The molecule has 1 atom stereocenters. The Bertz CT molecular complexity index is 1200. The zero-order valence-electron chi connectivity index (χ0n) is 16.0. The summed E-state index contributed by atoms with van der Waals surface area (Å²) < 4.78 is 29.7. The van der Waals surface area contributed by atoms with Crippen molar-refractivity contribution in [2.24, 2.45) is 0 Å². The molecule has 1 saturated carbocycles. The van der Waals surface area contributed by atoms with Crippen LogP contribution in [-0.4, -0.2) is 38.8 Å². The number of sulfonamides is 1. The molecule has 0 radical (unpaired) electrons. The van der Waals surface area contributed by atoms with Crippen LogP contribution in [0.25, 0.3) is 10.9 Å². The molecule has 0 spiro atoms. The summed E-state index contributed by atoms with van der Waals surface area (Å²) in [6, 6.07) is 6.93. The van der Waals surface area contributed by atoms with E-state index in [0.717, 1.165) is 32.1 Å². The maximum absolute atomic E-state index is 13.4. The zero-order chi connectivity index (χ0) is 20.0. The van der Waals surface area contributed by atoms with Gasteiger partial charge in [0.25, 0.3) is 15.6 Å². The van der Waals surface area contributed by atoms with Crippen molar-refractivity contribution in [2.45, 2.75) is 55.6 Å². The van der Waals surface area contributed by atoms with Crippen molar-refractivity contribution in [3.63, 3.8) is 0 Å². The Balaban J connectivity index is 1.69. The highest BCUT2D eigenvalue weighted by Crippen LogP contribution is 2.38. The Morgan fingerprint density at radius 2 is 1.86 bits per heavy atom. The van der Waals surface area contributed by atoms with Gasteiger partial charge < -0.3 is 4.98 Å². The second-order valence-corrected chi connectivity index (χ2v) is 9.65. The first-order valence-corrected chi connectivity index (χ1v) is 11.5. The number of benzene rings is 1. The lowest BCUT2D eigenvalue weighted by Gasteiger charge is -2.27. The Hall–Kier alpha value is -2.52. The Labute approximate surface area is 168 Å². The van der Waals surface area contributed by atoms with E-state index in [4.69, 9.17) is 4.98 Å². The molecular formula is C20H23N5O3S. The number of rotatable bonds is 4. The van der Waals surface area contributed by atoms with Crippen LogP contribution in [0.4, 0.5) is 0 Å². The number of H-pyrrole nitrogens is 1. The number of para-hydroxylation sites is 1. The summed E-state index contributed by atoms with van der Waals surface area (Å²) in [6.07, 6.45) is 8.05. The number of nitrogens with zero attached hydrogens (tertiary/aromatic N) is 4. The van der Waals surface area contributed by atoms with Crippen molar-refractivity contribution in [1.29, 1.82) is 0 Å². The van der Waals surface area contributed by atoms with Gasteiger partial charge in [-0.25, -0.2) is 18.4 Å². The van der Waals surface area contributed by atoms with Gasteiger partial charge in [0.15, 0.2) is 5.03 Å². The fraction of sp³-hybridized carbons (Fsp3) is 0.450. The third kappa shape index (κ3) is 3.00. The largest absolute Gasteiger partial charge is 0.335 e. The van der Waals surface area contributed by atoms with Crippen molar-refractivity contribution in [3.05, 3.63) is 53.0 Å². The van der Waals surface area contributed by atoms with Gasteiger partial charge in [-0.1, -0.05) is 25.0 Å². The van der Waals surface area contributed by atoms with E-state index in [1.54, 1.807) is 10.6 Å². The van der Waals surface area contributed by atoms with Crippen LogP contribution in [0.1, 0.15) is 56.4 Å². The number of nitrogens with one attached hydrogen (secondary N) is 1. The molecule has 3 aromatic rings. The maximum Gasteiger partial charge on any atom is 0.261 e. The lowest BCUT2D eigenvalue weighted by Crippen LogP contribution is -2.36. The molecule has 5 rings (SSSR count). The second kappa shape index (κ2) is 7.07. The standard InChI is InChI=1S/C20H23N5O3S/c26-20-15-8-3-4-9-16(15)23-19(25(20)14-6-1-2-7-14)17-10-5-11-24(17)29(27,28)18-12-21-13-22-18/h3-4,8-9,12-14,17H,1-2,5-7,10-11H2,(H,21,22). The highest BCUT2D eigenvalue weighted by Gasteiger charge is 2.40. The molecule has 152 valence electrons. The molecule has 1 unspecified atom stereocenters. The van der Waals surface area contributed by atoms with E-state index in [9.17, 15) is 13.2 Å². The van der Waals surface area contributed by atoms with E-state index >= 15 is 0 Å². The topological polar surface area (TPSA) is 101 Å². The van der Waals surface area contributed by atoms with Gasteiger partial charge in [0, 0.05) is 12.6 Å². The number of hydrogen-bond acceptors (Lipinski definition) is 5. The van der Waals surface area contributed by atoms with E-state index in [2.05, 4.69) is 9.97 Å². The van der Waals surface area contributed by atoms with Crippen molar-refractivity contribution >= 4 is 20.9 Å². The first-order chi connectivity index (χ1) is 14.1. The summed E-state index contributed by atoms with van der Waals surface area (Å²) in [5, 5.41) is 0.657. The molecule has 29 heavy (non-hydrogen) atoms. The Kier molecular flexibility index (Phi) is 4.51. The summed E-state index contributed by atoms with van der Waals surface area (Å²) in [5.74, 6) is 0.571. The number of aromatic nitrogens is 4. The molecule has 1 aromatic carbocycles. The highest BCUT2D eigenvalue weighted by molar-refractivity contribution is 7.89. The molecule has 3 heterocycles. The van der Waals surface area contributed by atoms with Crippen molar-refractivity contribution in [3.8, 4) is 0 Å². The predicted molar refractivity (Wildman–Crippen MR) is 108 cm³/mol. The number of aromatic amines is 1. The summed E-state index contributed by atoms with van der Waals surface area (Å²) in [4.78, 5) is 24.8.